The average Bonchev–Trinajstić information content (AvgIpc) is 3.30. The molecule has 1 aliphatic rings. The van der Waals surface area contributed by atoms with Gasteiger partial charge in [0.15, 0.2) is 0 Å². The minimum absolute atomic E-state index is 0.0971. The third kappa shape index (κ3) is 5.51. The van der Waals surface area contributed by atoms with Crippen LogP contribution in [0.15, 0.2) is 64.3 Å². The standard InChI is InChI=1S/C24H23ClN6O2S2/c1-34-20-4-2-3-18(13-20)26-23(33)30-11-9-29(10-12-30)15-19-14-21(32)31-24(27-19)35-22(28-31)16-5-7-17(25)8-6-16/h2-8,13-14H,9-12,15H2,1H3,(H,26,33). The fourth-order valence-electron chi connectivity index (χ4n) is 3.89. The Bertz CT molecular complexity index is 1410. The number of anilines is 1. The fraction of sp³-hybridized carbons (Fsp3) is 0.250. The lowest BCUT2D eigenvalue weighted by atomic mass is 10.2. The lowest BCUT2D eigenvalue weighted by molar-refractivity contribution is 0.142. The number of fused-ring (bicyclic) bond motifs is 1. The summed E-state index contributed by atoms with van der Waals surface area (Å²) in [7, 11) is 0. The Labute approximate surface area is 215 Å². The van der Waals surface area contributed by atoms with Gasteiger partial charge in [-0.2, -0.15) is 9.61 Å². The zero-order chi connectivity index (χ0) is 24.4. The van der Waals surface area contributed by atoms with E-state index in [-0.39, 0.29) is 11.6 Å². The van der Waals surface area contributed by atoms with Gasteiger partial charge in [-0.05, 0) is 36.6 Å². The van der Waals surface area contributed by atoms with Crippen LogP contribution in [-0.4, -0.2) is 62.9 Å². The maximum absolute atomic E-state index is 12.7. The van der Waals surface area contributed by atoms with Crippen molar-refractivity contribution in [2.24, 2.45) is 0 Å². The molecule has 0 unspecified atom stereocenters. The van der Waals surface area contributed by atoms with Crippen molar-refractivity contribution in [1.29, 1.82) is 0 Å². The topological polar surface area (TPSA) is 82.8 Å². The predicted octanol–water partition coefficient (Wildman–Crippen LogP) is 4.54. The van der Waals surface area contributed by atoms with Crippen LogP contribution in [0.5, 0.6) is 0 Å². The van der Waals surface area contributed by atoms with Crippen LogP contribution >= 0.6 is 34.7 Å². The maximum atomic E-state index is 12.7. The second-order valence-corrected chi connectivity index (χ2v) is 10.4. The summed E-state index contributed by atoms with van der Waals surface area (Å²) in [6.45, 7) is 3.17. The minimum atomic E-state index is -0.202. The smallest absolute Gasteiger partial charge is 0.321 e. The van der Waals surface area contributed by atoms with Gasteiger partial charge in [0, 0.05) is 60.0 Å². The summed E-state index contributed by atoms with van der Waals surface area (Å²) in [4.78, 5) is 35.7. The Morgan fingerprint density at radius 3 is 2.63 bits per heavy atom. The van der Waals surface area contributed by atoms with E-state index < -0.39 is 0 Å². The van der Waals surface area contributed by atoms with Crippen molar-refractivity contribution in [1.82, 2.24) is 24.4 Å². The van der Waals surface area contributed by atoms with Gasteiger partial charge in [0.05, 0.1) is 5.69 Å². The fourth-order valence-corrected chi connectivity index (χ4v) is 5.40. The van der Waals surface area contributed by atoms with Gasteiger partial charge in [-0.15, -0.1) is 11.8 Å². The van der Waals surface area contributed by atoms with Crippen LogP contribution in [0.1, 0.15) is 5.69 Å². The number of amides is 2. The van der Waals surface area contributed by atoms with Gasteiger partial charge in [-0.1, -0.05) is 41.1 Å². The maximum Gasteiger partial charge on any atom is 0.321 e. The number of aromatic nitrogens is 3. The van der Waals surface area contributed by atoms with Crippen molar-refractivity contribution >= 4 is 51.4 Å². The van der Waals surface area contributed by atoms with Gasteiger partial charge in [0.1, 0.15) is 5.01 Å². The molecular formula is C24H23ClN6O2S2. The van der Waals surface area contributed by atoms with Gasteiger partial charge in [-0.25, -0.2) is 9.78 Å². The average molecular weight is 527 g/mol. The molecule has 2 amide bonds. The molecule has 2 aromatic heterocycles. The summed E-state index contributed by atoms with van der Waals surface area (Å²) < 4.78 is 1.34. The molecule has 0 saturated carbocycles. The second kappa shape index (κ2) is 10.4. The van der Waals surface area contributed by atoms with Gasteiger partial charge < -0.3 is 10.2 Å². The number of nitrogens with zero attached hydrogens (tertiary/aromatic N) is 5. The predicted molar refractivity (Wildman–Crippen MR) is 142 cm³/mol. The van der Waals surface area contributed by atoms with Crippen molar-refractivity contribution in [2.45, 2.75) is 11.4 Å². The molecule has 0 spiro atoms. The van der Waals surface area contributed by atoms with Crippen LogP contribution in [0.4, 0.5) is 10.5 Å². The van der Waals surface area contributed by atoms with Crippen molar-refractivity contribution in [3.8, 4) is 10.6 Å². The Morgan fingerprint density at radius 2 is 1.89 bits per heavy atom. The first-order valence-corrected chi connectivity index (χ1v) is 13.5. The molecule has 2 aromatic carbocycles. The van der Waals surface area contributed by atoms with E-state index in [1.54, 1.807) is 23.9 Å². The molecule has 0 radical (unpaired) electrons. The molecule has 1 N–H and O–H groups in total. The Kier molecular flexibility index (Phi) is 7.05. The summed E-state index contributed by atoms with van der Waals surface area (Å²) in [5.41, 5.74) is 2.19. The number of halogens is 1. The van der Waals surface area contributed by atoms with Crippen LogP contribution in [0.2, 0.25) is 5.02 Å². The zero-order valence-corrected chi connectivity index (χ0v) is 21.4. The summed E-state index contributed by atoms with van der Waals surface area (Å²) in [6, 6.07) is 16.6. The summed E-state index contributed by atoms with van der Waals surface area (Å²) in [5, 5.41) is 8.77. The summed E-state index contributed by atoms with van der Waals surface area (Å²) >= 11 is 8.99. The van der Waals surface area contributed by atoms with E-state index in [1.165, 1.54) is 21.9 Å². The minimum Gasteiger partial charge on any atom is -0.322 e. The zero-order valence-electron chi connectivity index (χ0n) is 19.0. The molecule has 8 nitrogen and oxygen atoms in total. The first-order chi connectivity index (χ1) is 17.0. The molecule has 0 aliphatic carbocycles. The quantitative estimate of drug-likeness (QED) is 0.384. The molecular weight excluding hydrogens is 504 g/mol. The normalized spacial score (nSPS) is 14.4. The molecule has 5 rings (SSSR count). The Morgan fingerprint density at radius 1 is 1.11 bits per heavy atom. The number of thioether (sulfide) groups is 1. The highest BCUT2D eigenvalue weighted by molar-refractivity contribution is 7.98. The second-order valence-electron chi connectivity index (χ2n) is 8.12. The number of carbonyl (C=O) groups is 1. The number of carbonyl (C=O) groups excluding carboxylic acids is 1. The van der Waals surface area contributed by atoms with E-state index in [1.807, 2.05) is 47.6 Å². The molecule has 0 bridgehead atoms. The number of nitrogens with one attached hydrogen (secondary N) is 1. The molecule has 180 valence electrons. The lowest BCUT2D eigenvalue weighted by Gasteiger charge is -2.34. The molecule has 1 saturated heterocycles. The van der Waals surface area contributed by atoms with Crippen molar-refractivity contribution in [3.05, 3.63) is 75.7 Å². The summed E-state index contributed by atoms with van der Waals surface area (Å²) in [5.74, 6) is 0. The van der Waals surface area contributed by atoms with E-state index in [2.05, 4.69) is 20.3 Å². The molecule has 11 heteroatoms. The van der Waals surface area contributed by atoms with Crippen LogP contribution in [-0.2, 0) is 6.54 Å². The van der Waals surface area contributed by atoms with E-state index in [0.29, 0.717) is 53.4 Å². The molecule has 35 heavy (non-hydrogen) atoms. The number of hydrogen-bond donors (Lipinski definition) is 1. The van der Waals surface area contributed by atoms with E-state index in [0.717, 1.165) is 16.1 Å². The molecule has 0 atom stereocenters. The van der Waals surface area contributed by atoms with Crippen LogP contribution in [0.3, 0.4) is 0 Å². The Hall–Kier alpha value is -2.92. The monoisotopic (exact) mass is 526 g/mol. The third-order valence-electron chi connectivity index (χ3n) is 5.76. The number of hydrogen-bond acceptors (Lipinski definition) is 7. The van der Waals surface area contributed by atoms with Crippen LogP contribution in [0, 0.1) is 0 Å². The number of urea groups is 1. The molecule has 3 heterocycles. The van der Waals surface area contributed by atoms with E-state index in [9.17, 15) is 9.59 Å². The highest BCUT2D eigenvalue weighted by Crippen LogP contribution is 2.26. The first kappa shape index (κ1) is 23.8. The third-order valence-corrected chi connectivity index (χ3v) is 7.69. The Balaban J connectivity index is 1.22. The van der Waals surface area contributed by atoms with Crippen LogP contribution < -0.4 is 10.9 Å². The number of piperazine rings is 1. The molecule has 4 aromatic rings. The highest BCUT2D eigenvalue weighted by Gasteiger charge is 2.22. The van der Waals surface area contributed by atoms with Gasteiger partial charge in [0.2, 0.25) is 4.96 Å². The van der Waals surface area contributed by atoms with Gasteiger partial charge >= 0.3 is 6.03 Å². The SMILES string of the molecule is CSc1cccc(NC(=O)N2CCN(Cc3cc(=O)n4nc(-c5ccc(Cl)cc5)sc4n3)CC2)c1. The lowest BCUT2D eigenvalue weighted by Crippen LogP contribution is -2.49. The van der Waals surface area contributed by atoms with Gasteiger partial charge in [-0.3, -0.25) is 9.69 Å². The molecule has 1 fully saturated rings. The largest absolute Gasteiger partial charge is 0.322 e. The van der Waals surface area contributed by atoms with Gasteiger partial charge in [0.25, 0.3) is 5.56 Å². The van der Waals surface area contributed by atoms with Crippen LogP contribution in [0.25, 0.3) is 15.5 Å². The van der Waals surface area contributed by atoms with E-state index >= 15 is 0 Å². The highest BCUT2D eigenvalue weighted by atomic mass is 35.5. The first-order valence-electron chi connectivity index (χ1n) is 11.1. The molecule has 1 aliphatic heterocycles. The summed E-state index contributed by atoms with van der Waals surface area (Å²) in [6.07, 6.45) is 2.01. The number of rotatable bonds is 5. The number of benzene rings is 2. The van der Waals surface area contributed by atoms with E-state index in [4.69, 9.17) is 11.6 Å². The van der Waals surface area contributed by atoms with Crippen molar-refractivity contribution in [2.75, 3.05) is 37.8 Å². The van der Waals surface area contributed by atoms with Crippen molar-refractivity contribution < 1.29 is 4.79 Å². The van der Waals surface area contributed by atoms with Crippen molar-refractivity contribution in [3.63, 3.8) is 0 Å².